The number of fused-ring (bicyclic) bond motifs is 1. The second kappa shape index (κ2) is 3.94. The third-order valence-electron chi connectivity index (χ3n) is 2.69. The molecule has 0 aromatic carbocycles. The Hall–Kier alpha value is -1.17. The maximum absolute atomic E-state index is 12.5. The Morgan fingerprint density at radius 2 is 2.06 bits per heavy atom. The fourth-order valence-corrected chi connectivity index (χ4v) is 2.36. The largest absolute Gasteiger partial charge is 0.416 e. The molecule has 0 N–H and O–H groups in total. The lowest BCUT2D eigenvalue weighted by Crippen LogP contribution is -2.41. The fraction of sp³-hybridized carbons (Fsp3) is 0.455. The van der Waals surface area contributed by atoms with E-state index in [-0.39, 0.29) is 12.1 Å². The van der Waals surface area contributed by atoms with Gasteiger partial charge in [0.25, 0.3) is 0 Å². The molecule has 2 aliphatic rings. The van der Waals surface area contributed by atoms with Crippen molar-refractivity contribution in [3.8, 4) is 0 Å². The molecule has 0 radical (unpaired) electrons. The van der Waals surface area contributed by atoms with Crippen molar-refractivity contribution < 1.29 is 13.2 Å². The molecule has 0 spiro atoms. The van der Waals surface area contributed by atoms with Crippen LogP contribution >= 0.6 is 12.2 Å². The minimum atomic E-state index is -4.34. The van der Waals surface area contributed by atoms with Crippen molar-refractivity contribution >= 4 is 23.0 Å². The molecule has 0 amide bonds. The van der Waals surface area contributed by atoms with Crippen LogP contribution in [-0.2, 0) is 0 Å². The van der Waals surface area contributed by atoms with Gasteiger partial charge < -0.3 is 4.90 Å². The number of alkyl halides is 3. The quantitative estimate of drug-likeness (QED) is 0.674. The molecule has 0 saturated carbocycles. The van der Waals surface area contributed by atoms with Crippen LogP contribution in [0.3, 0.4) is 0 Å². The summed E-state index contributed by atoms with van der Waals surface area (Å²) >= 11 is 5.06. The molecule has 17 heavy (non-hydrogen) atoms. The number of allylic oxidation sites excluding steroid dienone is 2. The van der Waals surface area contributed by atoms with Crippen molar-refractivity contribution in [1.29, 1.82) is 0 Å². The van der Waals surface area contributed by atoms with Crippen LogP contribution in [0.2, 0.25) is 0 Å². The van der Waals surface area contributed by atoms with E-state index in [4.69, 9.17) is 12.2 Å². The van der Waals surface area contributed by atoms with Gasteiger partial charge in [-0.25, -0.2) is 4.99 Å². The third-order valence-corrected chi connectivity index (χ3v) is 3.00. The molecule has 0 aromatic heterocycles. The second-order valence-corrected chi connectivity index (χ2v) is 4.59. The zero-order valence-corrected chi connectivity index (χ0v) is 10.1. The average Bonchev–Trinajstić information content (AvgIpc) is 2.50. The van der Waals surface area contributed by atoms with Gasteiger partial charge in [0.2, 0.25) is 0 Å². The highest BCUT2D eigenvalue weighted by atomic mass is 32.1. The molecule has 1 unspecified atom stereocenters. The monoisotopic (exact) mass is 260 g/mol. The topological polar surface area (TPSA) is 15.6 Å². The van der Waals surface area contributed by atoms with Crippen molar-refractivity contribution in [2.45, 2.75) is 32.1 Å². The number of thiocarbonyl (C=S) groups is 1. The molecular weight excluding hydrogens is 249 g/mol. The summed E-state index contributed by atoms with van der Waals surface area (Å²) in [6, 6.07) is -0.146. The van der Waals surface area contributed by atoms with Crippen LogP contribution < -0.4 is 0 Å². The van der Waals surface area contributed by atoms with Gasteiger partial charge in [0.15, 0.2) is 5.11 Å². The summed E-state index contributed by atoms with van der Waals surface area (Å²) in [5, 5.41) is 0.351. The molecular formula is C11H11F3N2S. The first kappa shape index (κ1) is 12.3. The summed E-state index contributed by atoms with van der Waals surface area (Å²) < 4.78 is 37.6. The first-order valence-electron chi connectivity index (χ1n) is 5.18. The Balaban J connectivity index is 2.33. The smallest absolute Gasteiger partial charge is 0.333 e. The van der Waals surface area contributed by atoms with Gasteiger partial charge in [0.05, 0.1) is 17.3 Å². The van der Waals surface area contributed by atoms with E-state index in [1.54, 1.807) is 0 Å². The van der Waals surface area contributed by atoms with Crippen LogP contribution in [0.1, 0.15) is 13.8 Å². The summed E-state index contributed by atoms with van der Waals surface area (Å²) in [5.74, 6) is 0. The Morgan fingerprint density at radius 3 is 2.59 bits per heavy atom. The molecule has 92 valence electrons. The Morgan fingerprint density at radius 1 is 1.41 bits per heavy atom. The first-order valence-corrected chi connectivity index (χ1v) is 5.59. The zero-order valence-electron chi connectivity index (χ0n) is 9.32. The predicted molar refractivity (Wildman–Crippen MR) is 64.1 cm³/mol. The Labute approximate surface area is 103 Å². The lowest BCUT2D eigenvalue weighted by molar-refractivity contribution is -0.0882. The van der Waals surface area contributed by atoms with E-state index >= 15 is 0 Å². The first-order chi connectivity index (χ1) is 7.80. The Kier molecular flexibility index (Phi) is 2.85. The van der Waals surface area contributed by atoms with Gasteiger partial charge in [-0.1, -0.05) is 12.2 Å². The second-order valence-electron chi connectivity index (χ2n) is 4.22. The SMILES string of the molecule is CC(C)N1C(=S)N=C2C=C(C(F)(F)F)C=CC21. The molecule has 0 fully saturated rings. The number of hydrogen-bond acceptors (Lipinski definition) is 1. The van der Waals surface area contributed by atoms with E-state index in [2.05, 4.69) is 4.99 Å². The van der Waals surface area contributed by atoms with Crippen LogP contribution in [0.15, 0.2) is 28.8 Å². The molecule has 1 atom stereocenters. The van der Waals surface area contributed by atoms with Gasteiger partial charge >= 0.3 is 6.18 Å². The van der Waals surface area contributed by atoms with Crippen molar-refractivity contribution in [3.63, 3.8) is 0 Å². The van der Waals surface area contributed by atoms with Crippen LogP contribution in [0.25, 0.3) is 0 Å². The summed E-state index contributed by atoms with van der Waals surface area (Å²) in [5.41, 5.74) is -0.306. The Bertz CT molecular complexity index is 446. The zero-order chi connectivity index (χ0) is 12.8. The molecule has 2 rings (SSSR count). The standard InChI is InChI=1S/C11H11F3N2S/c1-6(2)16-9-4-3-7(11(12,13)14)5-8(9)15-10(16)17/h3-6,9H,1-2H3. The third kappa shape index (κ3) is 2.13. The van der Waals surface area contributed by atoms with E-state index < -0.39 is 11.7 Å². The summed E-state index contributed by atoms with van der Waals surface area (Å²) in [6.45, 7) is 3.86. The lowest BCUT2D eigenvalue weighted by atomic mass is 10.00. The van der Waals surface area contributed by atoms with Gasteiger partial charge in [-0.2, -0.15) is 13.2 Å². The van der Waals surface area contributed by atoms with Gasteiger partial charge in [-0.15, -0.1) is 0 Å². The predicted octanol–water partition coefficient (Wildman–Crippen LogP) is 2.86. The summed E-state index contributed by atoms with van der Waals surface area (Å²) in [4.78, 5) is 5.85. The highest BCUT2D eigenvalue weighted by Crippen LogP contribution is 2.31. The van der Waals surface area contributed by atoms with Crippen molar-refractivity contribution in [2.24, 2.45) is 4.99 Å². The van der Waals surface area contributed by atoms with Crippen molar-refractivity contribution in [2.75, 3.05) is 0 Å². The van der Waals surface area contributed by atoms with Gasteiger partial charge in [-0.05, 0) is 32.1 Å². The van der Waals surface area contributed by atoms with Gasteiger partial charge in [0.1, 0.15) is 0 Å². The van der Waals surface area contributed by atoms with E-state index in [1.807, 2.05) is 18.7 Å². The molecule has 1 aliphatic heterocycles. The van der Waals surface area contributed by atoms with Crippen LogP contribution in [0, 0.1) is 0 Å². The van der Waals surface area contributed by atoms with Gasteiger partial charge in [-0.3, -0.25) is 0 Å². The van der Waals surface area contributed by atoms with E-state index in [0.717, 1.165) is 12.2 Å². The number of aliphatic imine (C=N–C) groups is 1. The maximum atomic E-state index is 12.5. The highest BCUT2D eigenvalue weighted by Gasteiger charge is 2.38. The van der Waals surface area contributed by atoms with E-state index in [0.29, 0.717) is 10.8 Å². The molecule has 2 nitrogen and oxygen atoms in total. The lowest BCUT2D eigenvalue weighted by Gasteiger charge is -2.29. The van der Waals surface area contributed by atoms with Crippen LogP contribution in [0.4, 0.5) is 13.2 Å². The normalized spacial score (nSPS) is 24.0. The molecule has 6 heteroatoms. The molecule has 0 aromatic rings. The van der Waals surface area contributed by atoms with Crippen LogP contribution in [-0.4, -0.2) is 34.0 Å². The molecule has 1 aliphatic carbocycles. The minimum Gasteiger partial charge on any atom is -0.333 e. The molecule has 0 bridgehead atoms. The van der Waals surface area contributed by atoms with Gasteiger partial charge in [0, 0.05) is 6.04 Å². The maximum Gasteiger partial charge on any atom is 0.416 e. The number of rotatable bonds is 1. The van der Waals surface area contributed by atoms with E-state index in [9.17, 15) is 13.2 Å². The van der Waals surface area contributed by atoms with E-state index in [1.165, 1.54) is 6.08 Å². The summed E-state index contributed by atoms with van der Waals surface area (Å²) in [7, 11) is 0. The van der Waals surface area contributed by atoms with Crippen LogP contribution in [0.5, 0.6) is 0 Å². The van der Waals surface area contributed by atoms with Crippen molar-refractivity contribution in [3.05, 3.63) is 23.8 Å². The average molecular weight is 260 g/mol. The fourth-order valence-electron chi connectivity index (χ4n) is 1.93. The van der Waals surface area contributed by atoms with Crippen molar-refractivity contribution in [1.82, 2.24) is 4.90 Å². The number of hydrogen-bond donors (Lipinski definition) is 0. The molecule has 1 heterocycles. The number of nitrogens with zero attached hydrogens (tertiary/aromatic N) is 2. The molecule has 0 saturated heterocycles. The number of halogens is 3. The summed E-state index contributed by atoms with van der Waals surface area (Å²) in [6.07, 6.45) is -0.676. The minimum absolute atomic E-state index is 0.110. The highest BCUT2D eigenvalue weighted by molar-refractivity contribution is 7.80.